The third kappa shape index (κ3) is 2.92. The van der Waals surface area contributed by atoms with Crippen molar-refractivity contribution in [3.63, 3.8) is 0 Å². The van der Waals surface area contributed by atoms with Crippen LogP contribution >= 0.6 is 34.0 Å². The number of fused-ring (bicyclic) bond motifs is 1. The van der Waals surface area contributed by atoms with Crippen molar-refractivity contribution in [3.05, 3.63) is 56.8 Å². The van der Waals surface area contributed by atoms with E-state index >= 15 is 0 Å². The molecule has 1 aromatic carbocycles. The lowest BCUT2D eigenvalue weighted by Crippen LogP contribution is -1.99. The highest BCUT2D eigenvalue weighted by Crippen LogP contribution is 2.41. The molecule has 26 heavy (non-hydrogen) atoms. The van der Waals surface area contributed by atoms with E-state index in [9.17, 15) is 14.3 Å². The number of aromatic hydroxyl groups is 1. The summed E-state index contributed by atoms with van der Waals surface area (Å²) < 4.78 is 16.2. The van der Waals surface area contributed by atoms with E-state index in [2.05, 4.69) is 5.32 Å². The Hall–Kier alpha value is -2.22. The standard InChI is InChI=1S/C19H14FNO2S3/c1-10-2-3-11(14(20)6-10)13-9-25-19(12(13)8-22)21-7-16-17(23)18-15(26-16)4-5-24-18/h2-6,8-9,21,23H,7H2,1H3. The van der Waals surface area contributed by atoms with E-state index in [0.29, 0.717) is 34.0 Å². The summed E-state index contributed by atoms with van der Waals surface area (Å²) in [6.45, 7) is 2.24. The zero-order valence-electron chi connectivity index (χ0n) is 13.7. The number of halogens is 1. The van der Waals surface area contributed by atoms with Crippen molar-refractivity contribution in [2.75, 3.05) is 5.32 Å². The Morgan fingerprint density at radius 1 is 1.23 bits per heavy atom. The summed E-state index contributed by atoms with van der Waals surface area (Å²) in [5, 5.41) is 17.9. The van der Waals surface area contributed by atoms with Crippen molar-refractivity contribution in [1.82, 2.24) is 0 Å². The second-order valence-corrected chi connectivity index (χ2v) is 8.77. The predicted octanol–water partition coefficient (Wildman–Crippen LogP) is 6.27. The van der Waals surface area contributed by atoms with Gasteiger partial charge in [-0.25, -0.2) is 4.39 Å². The van der Waals surface area contributed by atoms with Gasteiger partial charge in [-0.05, 0) is 30.0 Å². The SMILES string of the molecule is Cc1ccc(-c2csc(NCc3sc4ccsc4c3O)c2C=O)c(F)c1. The normalized spacial score (nSPS) is 11.2. The maximum Gasteiger partial charge on any atom is 0.153 e. The van der Waals surface area contributed by atoms with Gasteiger partial charge >= 0.3 is 0 Å². The van der Waals surface area contributed by atoms with E-state index < -0.39 is 0 Å². The lowest BCUT2D eigenvalue weighted by atomic mass is 10.0. The van der Waals surface area contributed by atoms with Crippen LogP contribution in [0.3, 0.4) is 0 Å². The molecule has 0 bridgehead atoms. The third-order valence-corrected chi connectivity index (χ3v) is 7.26. The van der Waals surface area contributed by atoms with Crippen molar-refractivity contribution in [1.29, 1.82) is 0 Å². The predicted molar refractivity (Wildman–Crippen MR) is 109 cm³/mol. The number of hydrogen-bond acceptors (Lipinski definition) is 6. The number of nitrogens with one attached hydrogen (secondary N) is 1. The molecule has 0 atom stereocenters. The fraction of sp³-hybridized carbons (Fsp3) is 0.105. The van der Waals surface area contributed by atoms with Gasteiger partial charge in [0, 0.05) is 21.2 Å². The molecule has 0 saturated heterocycles. The van der Waals surface area contributed by atoms with Crippen LogP contribution in [0, 0.1) is 12.7 Å². The van der Waals surface area contributed by atoms with Crippen LogP contribution in [-0.4, -0.2) is 11.4 Å². The van der Waals surface area contributed by atoms with E-state index in [0.717, 1.165) is 26.1 Å². The zero-order valence-corrected chi connectivity index (χ0v) is 16.2. The second-order valence-electron chi connectivity index (χ2n) is 5.83. The van der Waals surface area contributed by atoms with E-state index in [-0.39, 0.29) is 5.82 Å². The van der Waals surface area contributed by atoms with Crippen LogP contribution in [0.5, 0.6) is 5.75 Å². The molecule has 0 unspecified atom stereocenters. The summed E-state index contributed by atoms with van der Waals surface area (Å²) in [6, 6.07) is 6.97. The minimum absolute atomic E-state index is 0.293. The molecule has 0 aliphatic rings. The van der Waals surface area contributed by atoms with Gasteiger partial charge in [-0.3, -0.25) is 4.79 Å². The van der Waals surface area contributed by atoms with Gasteiger partial charge < -0.3 is 10.4 Å². The molecule has 3 nitrogen and oxygen atoms in total. The van der Waals surface area contributed by atoms with Crippen LogP contribution in [0.25, 0.3) is 20.5 Å². The third-order valence-electron chi connectivity index (χ3n) is 4.11. The van der Waals surface area contributed by atoms with E-state index in [1.807, 2.05) is 24.4 Å². The van der Waals surface area contributed by atoms with Gasteiger partial charge in [-0.15, -0.1) is 34.0 Å². The Morgan fingerprint density at radius 2 is 2.08 bits per heavy atom. The molecule has 0 amide bonds. The molecule has 7 heteroatoms. The van der Waals surface area contributed by atoms with Crippen LogP contribution < -0.4 is 5.32 Å². The molecule has 3 heterocycles. The number of rotatable bonds is 5. The number of hydrogen-bond donors (Lipinski definition) is 2. The van der Waals surface area contributed by atoms with Crippen LogP contribution in [0.2, 0.25) is 0 Å². The van der Waals surface area contributed by atoms with Gasteiger partial charge in [0.25, 0.3) is 0 Å². The first kappa shape index (κ1) is 17.2. The number of anilines is 1. The molecule has 0 spiro atoms. The molecule has 4 rings (SSSR count). The highest BCUT2D eigenvalue weighted by molar-refractivity contribution is 7.27. The maximum absolute atomic E-state index is 14.3. The number of aryl methyl sites for hydroxylation is 1. The van der Waals surface area contributed by atoms with Crippen molar-refractivity contribution in [2.45, 2.75) is 13.5 Å². The Kier molecular flexibility index (Phi) is 4.52. The van der Waals surface area contributed by atoms with E-state index in [4.69, 9.17) is 0 Å². The van der Waals surface area contributed by atoms with Gasteiger partial charge in [0.15, 0.2) is 6.29 Å². The van der Waals surface area contributed by atoms with Gasteiger partial charge in [0.1, 0.15) is 11.6 Å². The number of aldehydes is 1. The van der Waals surface area contributed by atoms with Gasteiger partial charge in [0.2, 0.25) is 0 Å². The lowest BCUT2D eigenvalue weighted by molar-refractivity contribution is 0.112. The Balaban J connectivity index is 1.63. The minimum atomic E-state index is -0.339. The minimum Gasteiger partial charge on any atom is -0.505 e. The first-order valence-corrected chi connectivity index (χ1v) is 10.4. The smallest absolute Gasteiger partial charge is 0.153 e. The van der Waals surface area contributed by atoms with Crippen LogP contribution in [0.15, 0.2) is 35.0 Å². The van der Waals surface area contributed by atoms with Gasteiger partial charge in [-0.1, -0.05) is 12.1 Å². The highest BCUT2D eigenvalue weighted by atomic mass is 32.1. The van der Waals surface area contributed by atoms with Crippen molar-refractivity contribution in [2.24, 2.45) is 0 Å². The molecule has 0 radical (unpaired) electrons. The zero-order chi connectivity index (χ0) is 18.3. The molecule has 0 aliphatic carbocycles. The summed E-state index contributed by atoms with van der Waals surface area (Å²) in [5.74, 6) is -0.0462. The van der Waals surface area contributed by atoms with Crippen LogP contribution in [-0.2, 0) is 6.54 Å². The quantitative estimate of drug-likeness (QED) is 0.386. The first-order chi connectivity index (χ1) is 12.6. The fourth-order valence-corrected chi connectivity index (χ4v) is 5.85. The molecule has 0 fully saturated rings. The number of carbonyl (C=O) groups excluding carboxylic acids is 1. The number of carbonyl (C=O) groups is 1. The molecular weight excluding hydrogens is 389 g/mol. The fourth-order valence-electron chi connectivity index (χ4n) is 2.81. The Labute approximate surface area is 161 Å². The lowest BCUT2D eigenvalue weighted by Gasteiger charge is -2.06. The summed E-state index contributed by atoms with van der Waals surface area (Å²) >= 11 is 4.39. The van der Waals surface area contributed by atoms with Crippen LogP contribution in [0.4, 0.5) is 9.39 Å². The summed E-state index contributed by atoms with van der Waals surface area (Å²) in [6.07, 6.45) is 0.750. The monoisotopic (exact) mass is 403 g/mol. The largest absolute Gasteiger partial charge is 0.505 e. The van der Waals surface area contributed by atoms with Crippen molar-refractivity contribution >= 4 is 54.7 Å². The Bertz CT molecular complexity index is 1110. The molecule has 132 valence electrons. The van der Waals surface area contributed by atoms with Gasteiger partial charge in [-0.2, -0.15) is 0 Å². The van der Waals surface area contributed by atoms with Crippen molar-refractivity contribution < 1.29 is 14.3 Å². The highest BCUT2D eigenvalue weighted by Gasteiger charge is 2.17. The first-order valence-electron chi connectivity index (χ1n) is 7.83. The maximum atomic E-state index is 14.3. The second kappa shape index (κ2) is 6.83. The topological polar surface area (TPSA) is 49.3 Å². The average Bonchev–Trinajstić information content (AvgIpc) is 3.30. The molecule has 0 aliphatic heterocycles. The van der Waals surface area contributed by atoms with Crippen LogP contribution in [0.1, 0.15) is 20.8 Å². The Morgan fingerprint density at radius 3 is 2.81 bits per heavy atom. The van der Waals surface area contributed by atoms with E-state index in [1.165, 1.54) is 40.1 Å². The summed E-state index contributed by atoms with van der Waals surface area (Å²) in [5.41, 5.74) is 2.28. The van der Waals surface area contributed by atoms with E-state index in [1.54, 1.807) is 11.4 Å². The molecule has 2 N–H and O–H groups in total. The van der Waals surface area contributed by atoms with Gasteiger partial charge in [0.05, 0.1) is 26.7 Å². The number of benzene rings is 1. The molecule has 3 aromatic heterocycles. The van der Waals surface area contributed by atoms with Crippen molar-refractivity contribution in [3.8, 4) is 16.9 Å². The molecule has 4 aromatic rings. The number of thiophene rings is 3. The molecule has 0 saturated carbocycles. The summed E-state index contributed by atoms with van der Waals surface area (Å²) in [4.78, 5) is 12.5. The molecular formula is C19H14FNO2S3. The average molecular weight is 404 g/mol. The summed E-state index contributed by atoms with van der Waals surface area (Å²) in [7, 11) is 0.